The predicted octanol–water partition coefficient (Wildman–Crippen LogP) is 3.13. The Morgan fingerprint density at radius 3 is 2.64 bits per heavy atom. The molecular formula is C21H23N5OS. The number of carbonyl (C=O) groups excluding carboxylic acids is 1. The zero-order valence-electron chi connectivity index (χ0n) is 15.7. The normalized spacial score (nSPS) is 19.5. The van der Waals surface area contributed by atoms with Gasteiger partial charge in [-0.3, -0.25) is 9.36 Å². The molecule has 144 valence electrons. The summed E-state index contributed by atoms with van der Waals surface area (Å²) in [5.74, 6) is 0.326. The molecule has 0 aliphatic carbocycles. The van der Waals surface area contributed by atoms with E-state index in [1.165, 1.54) is 11.1 Å². The van der Waals surface area contributed by atoms with Crippen LogP contribution in [0.4, 0.5) is 5.13 Å². The van der Waals surface area contributed by atoms with Crippen LogP contribution in [0.15, 0.2) is 48.8 Å². The van der Waals surface area contributed by atoms with E-state index in [4.69, 9.17) is 0 Å². The number of fused-ring (bicyclic) bond motifs is 1. The largest absolute Gasteiger partial charge is 0.346 e. The summed E-state index contributed by atoms with van der Waals surface area (Å²) >= 11 is 1.58. The molecule has 1 fully saturated rings. The number of anilines is 1. The van der Waals surface area contributed by atoms with Gasteiger partial charge >= 0.3 is 0 Å². The van der Waals surface area contributed by atoms with Crippen molar-refractivity contribution < 1.29 is 4.79 Å². The Morgan fingerprint density at radius 2 is 1.79 bits per heavy atom. The summed E-state index contributed by atoms with van der Waals surface area (Å²) in [5, 5.41) is 10.5. The molecule has 5 rings (SSSR count). The van der Waals surface area contributed by atoms with Crippen LogP contribution in [-0.4, -0.2) is 45.2 Å². The molecule has 1 amide bonds. The minimum Gasteiger partial charge on any atom is -0.346 e. The summed E-state index contributed by atoms with van der Waals surface area (Å²) in [6.45, 7) is 3.23. The number of hydrogen-bond donors (Lipinski definition) is 0. The second-order valence-corrected chi connectivity index (χ2v) is 8.46. The van der Waals surface area contributed by atoms with Crippen molar-refractivity contribution in [3.05, 3.63) is 59.9 Å². The fourth-order valence-electron chi connectivity index (χ4n) is 4.20. The number of aromatic nitrogens is 3. The maximum atomic E-state index is 13.2. The number of benzene rings is 1. The van der Waals surface area contributed by atoms with Crippen molar-refractivity contribution in [3.63, 3.8) is 0 Å². The highest BCUT2D eigenvalue weighted by atomic mass is 32.1. The highest BCUT2D eigenvalue weighted by molar-refractivity contribution is 7.17. The second kappa shape index (κ2) is 7.39. The van der Waals surface area contributed by atoms with Gasteiger partial charge in [-0.25, -0.2) is 0 Å². The molecule has 1 saturated heterocycles. The summed E-state index contributed by atoms with van der Waals surface area (Å²) < 4.78 is 1.97. The highest BCUT2D eigenvalue weighted by Gasteiger charge is 2.32. The lowest BCUT2D eigenvalue weighted by Gasteiger charge is -2.36. The van der Waals surface area contributed by atoms with E-state index >= 15 is 0 Å². The fourth-order valence-corrected chi connectivity index (χ4v) is 5.05. The molecule has 28 heavy (non-hydrogen) atoms. The van der Waals surface area contributed by atoms with Crippen molar-refractivity contribution >= 4 is 22.4 Å². The van der Waals surface area contributed by atoms with Crippen LogP contribution in [0.25, 0.3) is 5.13 Å². The first kappa shape index (κ1) is 17.4. The van der Waals surface area contributed by atoms with Gasteiger partial charge in [0.2, 0.25) is 16.2 Å². The van der Waals surface area contributed by atoms with E-state index in [1.807, 2.05) is 34.0 Å². The lowest BCUT2D eigenvalue weighted by molar-refractivity contribution is -0.136. The van der Waals surface area contributed by atoms with E-state index < -0.39 is 0 Å². The summed E-state index contributed by atoms with van der Waals surface area (Å²) in [6, 6.07) is 12.4. The Bertz CT molecular complexity index is 967. The molecule has 0 spiro atoms. The van der Waals surface area contributed by atoms with Gasteiger partial charge < -0.3 is 9.80 Å². The number of carbonyl (C=O) groups is 1. The topological polar surface area (TPSA) is 54.3 Å². The average Bonchev–Trinajstić information content (AvgIpc) is 3.45. The molecule has 2 aliphatic heterocycles. The van der Waals surface area contributed by atoms with Gasteiger partial charge in [-0.15, -0.1) is 10.2 Å². The Balaban J connectivity index is 1.28. The van der Waals surface area contributed by atoms with Crippen LogP contribution in [0.5, 0.6) is 0 Å². The Kier molecular flexibility index (Phi) is 4.60. The molecule has 4 heterocycles. The van der Waals surface area contributed by atoms with Gasteiger partial charge in [-0.1, -0.05) is 35.6 Å². The van der Waals surface area contributed by atoms with Crippen LogP contribution < -0.4 is 4.90 Å². The third-order valence-electron chi connectivity index (χ3n) is 5.71. The van der Waals surface area contributed by atoms with Gasteiger partial charge in [-0.05, 0) is 42.5 Å². The zero-order chi connectivity index (χ0) is 18.9. The van der Waals surface area contributed by atoms with Crippen molar-refractivity contribution in [1.82, 2.24) is 19.7 Å². The van der Waals surface area contributed by atoms with Crippen molar-refractivity contribution in [2.24, 2.45) is 5.92 Å². The molecule has 2 aliphatic rings. The lowest BCUT2D eigenvalue weighted by atomic mass is 9.94. The number of nitrogens with zero attached hydrogens (tertiary/aromatic N) is 5. The minimum absolute atomic E-state index is 0.0398. The van der Waals surface area contributed by atoms with Gasteiger partial charge in [0.15, 0.2) is 0 Å². The first-order valence-corrected chi connectivity index (χ1v) is 10.7. The number of piperidine rings is 1. The van der Waals surface area contributed by atoms with E-state index in [2.05, 4.69) is 39.4 Å². The molecule has 0 saturated carbocycles. The van der Waals surface area contributed by atoms with E-state index in [1.54, 1.807) is 11.3 Å². The zero-order valence-corrected chi connectivity index (χ0v) is 16.5. The van der Waals surface area contributed by atoms with Crippen LogP contribution in [0.1, 0.15) is 24.0 Å². The molecule has 0 radical (unpaired) electrons. The molecule has 1 aromatic carbocycles. The predicted molar refractivity (Wildman–Crippen MR) is 110 cm³/mol. The molecular weight excluding hydrogens is 370 g/mol. The van der Waals surface area contributed by atoms with Gasteiger partial charge in [0.1, 0.15) is 0 Å². The van der Waals surface area contributed by atoms with Gasteiger partial charge in [0.05, 0.1) is 5.92 Å². The lowest BCUT2D eigenvalue weighted by Crippen LogP contribution is -2.46. The van der Waals surface area contributed by atoms with Gasteiger partial charge in [0.25, 0.3) is 0 Å². The Labute approximate surface area is 168 Å². The average molecular weight is 394 g/mol. The first-order chi connectivity index (χ1) is 13.8. The molecule has 0 bridgehead atoms. The van der Waals surface area contributed by atoms with Crippen molar-refractivity contribution in [3.8, 4) is 5.13 Å². The fraction of sp³-hybridized carbons (Fsp3) is 0.381. The van der Waals surface area contributed by atoms with Crippen LogP contribution in [0, 0.1) is 5.92 Å². The summed E-state index contributed by atoms with van der Waals surface area (Å²) in [6.07, 6.45) is 6.87. The van der Waals surface area contributed by atoms with Crippen molar-refractivity contribution in [2.45, 2.75) is 25.8 Å². The van der Waals surface area contributed by atoms with Crippen molar-refractivity contribution in [2.75, 3.05) is 24.5 Å². The molecule has 1 atom stereocenters. The first-order valence-electron chi connectivity index (χ1n) is 9.85. The third-order valence-corrected chi connectivity index (χ3v) is 6.71. The summed E-state index contributed by atoms with van der Waals surface area (Å²) in [4.78, 5) is 17.5. The quantitative estimate of drug-likeness (QED) is 0.686. The smallest absolute Gasteiger partial charge is 0.227 e. The van der Waals surface area contributed by atoms with Crippen LogP contribution in [0.3, 0.4) is 0 Å². The molecule has 7 heteroatoms. The maximum absolute atomic E-state index is 13.2. The van der Waals surface area contributed by atoms with Crippen LogP contribution in [-0.2, 0) is 17.8 Å². The highest BCUT2D eigenvalue weighted by Crippen LogP contribution is 2.29. The van der Waals surface area contributed by atoms with E-state index in [-0.39, 0.29) is 11.8 Å². The van der Waals surface area contributed by atoms with E-state index in [9.17, 15) is 4.79 Å². The third kappa shape index (κ3) is 3.30. The molecule has 0 unspecified atom stereocenters. The SMILES string of the molecule is O=C([C@@H]1CCCN(c2nnc(-n3cccc3)s2)C1)N1CCc2ccccc2C1. The Hall–Kier alpha value is -2.67. The minimum atomic E-state index is 0.0398. The molecule has 3 aromatic rings. The number of rotatable bonds is 3. The van der Waals surface area contributed by atoms with Crippen LogP contribution >= 0.6 is 11.3 Å². The second-order valence-electron chi connectivity index (χ2n) is 7.52. The number of amides is 1. The summed E-state index contributed by atoms with van der Waals surface area (Å²) in [7, 11) is 0. The van der Waals surface area contributed by atoms with Gasteiger partial charge in [0, 0.05) is 38.6 Å². The number of hydrogen-bond acceptors (Lipinski definition) is 5. The van der Waals surface area contributed by atoms with E-state index in [0.29, 0.717) is 0 Å². The van der Waals surface area contributed by atoms with E-state index in [0.717, 1.165) is 55.7 Å². The molecule has 6 nitrogen and oxygen atoms in total. The summed E-state index contributed by atoms with van der Waals surface area (Å²) in [5.41, 5.74) is 2.67. The monoisotopic (exact) mass is 393 g/mol. The van der Waals surface area contributed by atoms with Crippen molar-refractivity contribution in [1.29, 1.82) is 0 Å². The Morgan fingerprint density at radius 1 is 1.00 bits per heavy atom. The molecule has 0 N–H and O–H groups in total. The standard InChI is InChI=1S/C21H23N5OS/c27-19(25-13-9-16-6-1-2-7-17(16)14-25)18-8-5-12-26(15-18)21-23-22-20(28-21)24-10-3-4-11-24/h1-4,6-7,10-11,18H,5,8-9,12-15H2/t18-/m1/s1. The van der Waals surface area contributed by atoms with Gasteiger partial charge in [-0.2, -0.15) is 0 Å². The van der Waals surface area contributed by atoms with Crippen LogP contribution in [0.2, 0.25) is 0 Å². The maximum Gasteiger partial charge on any atom is 0.227 e. The molecule has 2 aromatic heterocycles.